The monoisotopic (exact) mass is 239 g/mol. The van der Waals surface area contributed by atoms with Crippen molar-refractivity contribution in [2.24, 2.45) is 5.41 Å². The number of piperidine rings is 1. The van der Waals surface area contributed by atoms with Gasteiger partial charge in [0.1, 0.15) is 5.78 Å². The van der Waals surface area contributed by atoms with Crippen LogP contribution in [0.25, 0.3) is 0 Å². The largest absolute Gasteiger partial charge is 0.481 e. The van der Waals surface area contributed by atoms with Crippen LogP contribution in [0, 0.1) is 5.41 Å². The number of carbonyl (C=O) groups excluding carboxylic acids is 1. The van der Waals surface area contributed by atoms with Crippen molar-refractivity contribution >= 4 is 11.8 Å². The van der Waals surface area contributed by atoms with Crippen LogP contribution in [0.2, 0.25) is 0 Å². The first kappa shape index (κ1) is 12.6. The number of ketones is 1. The third kappa shape index (κ3) is 2.23. The second-order valence-corrected chi connectivity index (χ2v) is 5.49. The molecule has 96 valence electrons. The van der Waals surface area contributed by atoms with Crippen LogP contribution < -0.4 is 0 Å². The van der Waals surface area contributed by atoms with Gasteiger partial charge in [0.2, 0.25) is 0 Å². The fraction of sp³-hybridized carbons (Fsp3) is 0.846. The first-order chi connectivity index (χ1) is 8.06. The van der Waals surface area contributed by atoms with Crippen molar-refractivity contribution in [3.8, 4) is 0 Å². The summed E-state index contributed by atoms with van der Waals surface area (Å²) in [5, 5.41) is 9.61. The van der Waals surface area contributed by atoms with Gasteiger partial charge in [-0.3, -0.25) is 9.59 Å². The summed E-state index contributed by atoms with van der Waals surface area (Å²) in [6.45, 7) is 0.980. The van der Waals surface area contributed by atoms with Gasteiger partial charge in [-0.2, -0.15) is 0 Å². The number of hydrogen-bond donors (Lipinski definition) is 1. The zero-order valence-electron chi connectivity index (χ0n) is 10.4. The van der Waals surface area contributed by atoms with Crippen LogP contribution in [-0.4, -0.2) is 41.4 Å². The van der Waals surface area contributed by atoms with Crippen molar-refractivity contribution < 1.29 is 14.7 Å². The van der Waals surface area contributed by atoms with Gasteiger partial charge in [0, 0.05) is 18.9 Å². The zero-order valence-corrected chi connectivity index (χ0v) is 10.4. The Labute approximate surface area is 102 Å². The van der Waals surface area contributed by atoms with Crippen LogP contribution in [-0.2, 0) is 9.59 Å². The van der Waals surface area contributed by atoms with E-state index in [1.54, 1.807) is 0 Å². The molecule has 1 aliphatic heterocycles. The molecule has 0 bridgehead atoms. The number of hydrogen-bond acceptors (Lipinski definition) is 3. The maximum Gasteiger partial charge on any atom is 0.311 e. The average molecular weight is 239 g/mol. The minimum atomic E-state index is -0.705. The molecule has 4 heteroatoms. The second-order valence-electron chi connectivity index (χ2n) is 5.49. The summed E-state index contributed by atoms with van der Waals surface area (Å²) in [4.78, 5) is 25.2. The van der Waals surface area contributed by atoms with Gasteiger partial charge in [-0.1, -0.05) is 6.42 Å². The van der Waals surface area contributed by atoms with Crippen molar-refractivity contribution in [1.82, 2.24) is 4.90 Å². The Morgan fingerprint density at radius 2 is 2.00 bits per heavy atom. The molecular weight excluding hydrogens is 218 g/mol. The fourth-order valence-corrected chi connectivity index (χ4v) is 3.44. The lowest BCUT2D eigenvalue weighted by molar-refractivity contribution is -0.158. The first-order valence-corrected chi connectivity index (χ1v) is 6.51. The number of aliphatic carboxylic acids is 1. The van der Waals surface area contributed by atoms with E-state index in [-0.39, 0.29) is 11.8 Å². The molecule has 0 amide bonds. The minimum Gasteiger partial charge on any atom is -0.481 e. The molecule has 1 N–H and O–H groups in total. The fourth-order valence-electron chi connectivity index (χ4n) is 3.44. The highest BCUT2D eigenvalue weighted by molar-refractivity contribution is 5.84. The smallest absolute Gasteiger partial charge is 0.311 e. The highest BCUT2D eigenvalue weighted by Crippen LogP contribution is 2.43. The lowest BCUT2D eigenvalue weighted by atomic mass is 9.66. The van der Waals surface area contributed by atoms with Crippen LogP contribution in [0.1, 0.15) is 44.9 Å². The minimum absolute atomic E-state index is 0.113. The Hall–Kier alpha value is -0.900. The molecule has 1 heterocycles. The zero-order chi connectivity index (χ0) is 12.5. The third-order valence-electron chi connectivity index (χ3n) is 4.53. The number of nitrogens with zero attached hydrogens (tertiary/aromatic N) is 1. The van der Waals surface area contributed by atoms with Gasteiger partial charge in [-0.05, 0) is 39.3 Å². The van der Waals surface area contributed by atoms with E-state index in [1.165, 1.54) is 0 Å². The molecule has 2 rings (SSSR count). The van der Waals surface area contributed by atoms with E-state index in [0.717, 1.165) is 25.8 Å². The number of Topliss-reactive ketones (excluding diaryl/α,β-unsaturated/α-hetero) is 1. The van der Waals surface area contributed by atoms with Gasteiger partial charge < -0.3 is 10.0 Å². The molecule has 0 radical (unpaired) electrons. The van der Waals surface area contributed by atoms with Gasteiger partial charge in [0.25, 0.3) is 0 Å². The predicted octanol–water partition coefficient (Wildman–Crippen LogP) is 1.68. The summed E-state index contributed by atoms with van der Waals surface area (Å²) in [6.07, 6.45) is 5.15. The highest BCUT2D eigenvalue weighted by Gasteiger charge is 2.49. The van der Waals surface area contributed by atoms with E-state index >= 15 is 0 Å². The van der Waals surface area contributed by atoms with Gasteiger partial charge in [0.15, 0.2) is 0 Å². The van der Waals surface area contributed by atoms with Crippen molar-refractivity contribution in [3.63, 3.8) is 0 Å². The molecule has 2 fully saturated rings. The number of likely N-dealkylation sites (tertiary alicyclic amines) is 1. The van der Waals surface area contributed by atoms with Gasteiger partial charge in [0.05, 0.1) is 5.41 Å². The Morgan fingerprint density at radius 3 is 2.53 bits per heavy atom. The standard InChI is InChI=1S/C13H21NO3/c1-14-9-3-2-4-11(14)13(12(16)17)7-5-10(15)6-8-13/h11H,2-9H2,1H3,(H,16,17). The quantitative estimate of drug-likeness (QED) is 0.796. The summed E-state index contributed by atoms with van der Waals surface area (Å²) >= 11 is 0. The number of carbonyl (C=O) groups is 2. The molecular formula is C13H21NO3. The summed E-state index contributed by atoms with van der Waals surface area (Å²) in [6, 6.07) is 0.113. The van der Waals surface area contributed by atoms with Crippen LogP contribution in [0.4, 0.5) is 0 Å². The van der Waals surface area contributed by atoms with E-state index in [4.69, 9.17) is 0 Å². The van der Waals surface area contributed by atoms with Crippen LogP contribution in [0.3, 0.4) is 0 Å². The molecule has 0 aromatic rings. The van der Waals surface area contributed by atoms with Crippen LogP contribution in [0.5, 0.6) is 0 Å². The maximum absolute atomic E-state index is 11.7. The normalized spacial score (nSPS) is 30.2. The van der Waals surface area contributed by atoms with Gasteiger partial charge >= 0.3 is 5.97 Å². The van der Waals surface area contributed by atoms with Crippen molar-refractivity contribution in [2.75, 3.05) is 13.6 Å². The Morgan fingerprint density at radius 1 is 1.35 bits per heavy atom. The number of carboxylic acid groups (broad SMARTS) is 1. The molecule has 1 saturated carbocycles. The summed E-state index contributed by atoms with van der Waals surface area (Å²) in [5.74, 6) is -0.482. The second kappa shape index (κ2) is 4.77. The Bertz CT molecular complexity index is 317. The maximum atomic E-state index is 11.7. The van der Waals surface area contributed by atoms with E-state index in [1.807, 2.05) is 7.05 Å². The molecule has 0 aromatic heterocycles. The number of carboxylic acids is 1. The molecule has 1 saturated heterocycles. The van der Waals surface area contributed by atoms with E-state index in [2.05, 4.69) is 4.90 Å². The lowest BCUT2D eigenvalue weighted by Gasteiger charge is -2.46. The third-order valence-corrected chi connectivity index (χ3v) is 4.53. The van der Waals surface area contributed by atoms with Crippen LogP contribution >= 0.6 is 0 Å². The molecule has 1 unspecified atom stereocenters. The van der Waals surface area contributed by atoms with Crippen molar-refractivity contribution in [1.29, 1.82) is 0 Å². The lowest BCUT2D eigenvalue weighted by Crippen LogP contribution is -2.54. The molecule has 0 aromatic carbocycles. The molecule has 17 heavy (non-hydrogen) atoms. The molecule has 2 aliphatic rings. The SMILES string of the molecule is CN1CCCCC1C1(C(=O)O)CCC(=O)CC1. The molecule has 0 spiro atoms. The average Bonchev–Trinajstić information content (AvgIpc) is 2.31. The van der Waals surface area contributed by atoms with Crippen molar-refractivity contribution in [2.45, 2.75) is 51.0 Å². The molecule has 1 atom stereocenters. The Kier molecular flexibility index (Phi) is 3.52. The Balaban J connectivity index is 2.21. The summed E-state index contributed by atoms with van der Waals surface area (Å²) in [7, 11) is 2.02. The summed E-state index contributed by atoms with van der Waals surface area (Å²) < 4.78 is 0. The number of rotatable bonds is 2. The van der Waals surface area contributed by atoms with Crippen molar-refractivity contribution in [3.05, 3.63) is 0 Å². The highest BCUT2D eigenvalue weighted by atomic mass is 16.4. The molecule has 4 nitrogen and oxygen atoms in total. The predicted molar refractivity (Wildman–Crippen MR) is 63.8 cm³/mol. The van der Waals surface area contributed by atoms with Crippen LogP contribution in [0.15, 0.2) is 0 Å². The molecule has 1 aliphatic carbocycles. The van der Waals surface area contributed by atoms with Gasteiger partial charge in [-0.25, -0.2) is 0 Å². The first-order valence-electron chi connectivity index (χ1n) is 6.51. The topological polar surface area (TPSA) is 57.6 Å². The van der Waals surface area contributed by atoms with E-state index in [9.17, 15) is 14.7 Å². The summed E-state index contributed by atoms with van der Waals surface area (Å²) in [5.41, 5.74) is -0.678. The van der Waals surface area contributed by atoms with E-state index < -0.39 is 11.4 Å². The van der Waals surface area contributed by atoms with E-state index in [0.29, 0.717) is 25.7 Å². The van der Waals surface area contributed by atoms with Gasteiger partial charge in [-0.15, -0.1) is 0 Å².